The zero-order valence-electron chi connectivity index (χ0n) is 17.0. The molecule has 0 atom stereocenters. The third-order valence-electron chi connectivity index (χ3n) is 4.46. The van der Waals surface area contributed by atoms with E-state index >= 15 is 0 Å². The summed E-state index contributed by atoms with van der Waals surface area (Å²) in [6.07, 6.45) is 0. The van der Waals surface area contributed by atoms with Gasteiger partial charge in [0.25, 0.3) is 11.6 Å². The van der Waals surface area contributed by atoms with Crippen molar-refractivity contribution in [2.45, 2.75) is 25.3 Å². The van der Waals surface area contributed by atoms with E-state index in [1.807, 2.05) is 49.6 Å². The van der Waals surface area contributed by atoms with Crippen LogP contribution in [0.3, 0.4) is 0 Å². The molecule has 0 fully saturated rings. The fourth-order valence-corrected chi connectivity index (χ4v) is 4.26. The standard InChI is InChI=1S/C22H21N3O4S2/c1-14-5-6-15(2)18(10-14)24-22(27)16-7-8-20(19(11-16)25(28)29)31-13-21(26)23-12-17-4-3-9-30-17/h3-11H,12-13H2,1-2H3,(H,23,26)(H,24,27). The third-order valence-corrected chi connectivity index (χ3v) is 6.40. The van der Waals surface area contributed by atoms with E-state index in [2.05, 4.69) is 10.6 Å². The smallest absolute Gasteiger partial charge is 0.283 e. The van der Waals surface area contributed by atoms with Crippen molar-refractivity contribution in [3.8, 4) is 0 Å². The van der Waals surface area contributed by atoms with Crippen molar-refractivity contribution in [1.82, 2.24) is 5.32 Å². The molecule has 7 nitrogen and oxygen atoms in total. The van der Waals surface area contributed by atoms with Crippen LogP contribution in [0.15, 0.2) is 58.8 Å². The summed E-state index contributed by atoms with van der Waals surface area (Å²) in [5.74, 6) is -0.605. The number of amides is 2. The molecular formula is C22H21N3O4S2. The van der Waals surface area contributed by atoms with Crippen molar-refractivity contribution in [3.05, 3.63) is 85.6 Å². The van der Waals surface area contributed by atoms with E-state index in [1.54, 1.807) is 11.3 Å². The first-order chi connectivity index (χ1) is 14.8. The molecule has 0 spiro atoms. The van der Waals surface area contributed by atoms with E-state index in [1.165, 1.54) is 18.2 Å². The highest BCUT2D eigenvalue weighted by molar-refractivity contribution is 8.00. The average Bonchev–Trinajstić information content (AvgIpc) is 3.26. The zero-order chi connectivity index (χ0) is 22.4. The number of nitrogens with one attached hydrogen (secondary N) is 2. The molecule has 160 valence electrons. The molecule has 3 rings (SSSR count). The van der Waals surface area contributed by atoms with Crippen LogP contribution < -0.4 is 10.6 Å². The van der Waals surface area contributed by atoms with Gasteiger partial charge in [-0.05, 0) is 54.6 Å². The number of nitro benzene ring substituents is 1. The van der Waals surface area contributed by atoms with Gasteiger partial charge in [-0.1, -0.05) is 18.2 Å². The first-order valence-electron chi connectivity index (χ1n) is 9.42. The highest BCUT2D eigenvalue weighted by Gasteiger charge is 2.19. The molecule has 2 N–H and O–H groups in total. The summed E-state index contributed by atoms with van der Waals surface area (Å²) in [5.41, 5.74) is 2.53. The van der Waals surface area contributed by atoms with Gasteiger partial charge in [-0.2, -0.15) is 0 Å². The van der Waals surface area contributed by atoms with E-state index in [4.69, 9.17) is 0 Å². The molecule has 3 aromatic rings. The maximum atomic E-state index is 12.6. The molecule has 31 heavy (non-hydrogen) atoms. The topological polar surface area (TPSA) is 101 Å². The lowest BCUT2D eigenvalue weighted by Gasteiger charge is -2.10. The minimum atomic E-state index is -0.541. The molecular weight excluding hydrogens is 434 g/mol. The van der Waals surface area contributed by atoms with Crippen molar-refractivity contribution < 1.29 is 14.5 Å². The van der Waals surface area contributed by atoms with Crippen molar-refractivity contribution in [1.29, 1.82) is 0 Å². The van der Waals surface area contributed by atoms with Gasteiger partial charge in [0, 0.05) is 22.2 Å². The van der Waals surface area contributed by atoms with Gasteiger partial charge < -0.3 is 10.6 Å². The maximum absolute atomic E-state index is 12.6. The van der Waals surface area contributed by atoms with Crippen LogP contribution in [0.1, 0.15) is 26.4 Å². The summed E-state index contributed by atoms with van der Waals surface area (Å²) < 4.78 is 0. The first kappa shape index (κ1) is 22.5. The minimum absolute atomic E-state index is 0.0419. The lowest BCUT2D eigenvalue weighted by Crippen LogP contribution is -2.24. The second kappa shape index (κ2) is 10.2. The van der Waals surface area contributed by atoms with Crippen LogP contribution in [0, 0.1) is 24.0 Å². The average molecular weight is 456 g/mol. The highest BCUT2D eigenvalue weighted by atomic mass is 32.2. The fourth-order valence-electron chi connectivity index (χ4n) is 2.78. The van der Waals surface area contributed by atoms with Crippen LogP contribution in [0.25, 0.3) is 0 Å². The Morgan fingerprint density at radius 1 is 1.13 bits per heavy atom. The molecule has 0 aliphatic carbocycles. The predicted molar refractivity (Wildman–Crippen MR) is 124 cm³/mol. The van der Waals surface area contributed by atoms with Crippen LogP contribution in [-0.4, -0.2) is 22.5 Å². The van der Waals surface area contributed by atoms with E-state index in [0.717, 1.165) is 27.8 Å². The summed E-state index contributed by atoms with van der Waals surface area (Å²) in [6.45, 7) is 4.22. The van der Waals surface area contributed by atoms with Gasteiger partial charge in [-0.3, -0.25) is 19.7 Å². The Hall–Kier alpha value is -3.17. The molecule has 9 heteroatoms. The molecule has 0 radical (unpaired) electrons. The van der Waals surface area contributed by atoms with Crippen LogP contribution in [0.5, 0.6) is 0 Å². The van der Waals surface area contributed by atoms with Gasteiger partial charge >= 0.3 is 0 Å². The van der Waals surface area contributed by atoms with E-state index in [-0.39, 0.29) is 22.9 Å². The predicted octanol–water partition coefficient (Wildman–Crippen LogP) is 4.93. The van der Waals surface area contributed by atoms with Crippen molar-refractivity contribution >= 4 is 46.3 Å². The second-order valence-electron chi connectivity index (χ2n) is 6.86. The molecule has 0 saturated heterocycles. The largest absolute Gasteiger partial charge is 0.350 e. The maximum Gasteiger partial charge on any atom is 0.283 e. The summed E-state index contributed by atoms with van der Waals surface area (Å²) >= 11 is 2.61. The Morgan fingerprint density at radius 2 is 1.94 bits per heavy atom. The number of nitro groups is 1. The Kier molecular flexibility index (Phi) is 7.43. The first-order valence-corrected chi connectivity index (χ1v) is 11.3. The van der Waals surface area contributed by atoms with Gasteiger partial charge in [0.05, 0.1) is 22.1 Å². The Bertz CT molecular complexity index is 1110. The number of thiophene rings is 1. The molecule has 1 aromatic heterocycles. The van der Waals surface area contributed by atoms with Crippen molar-refractivity contribution in [2.75, 3.05) is 11.1 Å². The third kappa shape index (κ3) is 6.16. The number of hydrogen-bond acceptors (Lipinski definition) is 6. The van der Waals surface area contributed by atoms with E-state index < -0.39 is 10.8 Å². The van der Waals surface area contributed by atoms with Crippen molar-refractivity contribution in [2.24, 2.45) is 0 Å². The fraction of sp³-hybridized carbons (Fsp3) is 0.182. The quantitative estimate of drug-likeness (QED) is 0.285. The Balaban J connectivity index is 1.67. The highest BCUT2D eigenvalue weighted by Crippen LogP contribution is 2.30. The van der Waals surface area contributed by atoms with Crippen LogP contribution in [-0.2, 0) is 11.3 Å². The number of nitrogens with zero attached hydrogens (tertiary/aromatic N) is 1. The normalized spacial score (nSPS) is 10.5. The summed E-state index contributed by atoms with van der Waals surface area (Å²) in [5, 5.41) is 19.1. The summed E-state index contributed by atoms with van der Waals surface area (Å²) in [6, 6.07) is 13.8. The molecule has 0 aliphatic heterocycles. The molecule has 0 saturated carbocycles. The number of rotatable bonds is 8. The number of thioether (sulfide) groups is 1. The molecule has 1 heterocycles. The molecule has 0 unspecified atom stereocenters. The number of benzene rings is 2. The van der Waals surface area contributed by atoms with Gasteiger partial charge in [-0.15, -0.1) is 23.1 Å². The number of hydrogen-bond donors (Lipinski definition) is 2. The zero-order valence-corrected chi connectivity index (χ0v) is 18.6. The number of anilines is 1. The van der Waals surface area contributed by atoms with Gasteiger partial charge in [0.1, 0.15) is 0 Å². The van der Waals surface area contributed by atoms with Crippen LogP contribution in [0.4, 0.5) is 11.4 Å². The molecule has 2 aromatic carbocycles. The van der Waals surface area contributed by atoms with Crippen LogP contribution in [0.2, 0.25) is 0 Å². The van der Waals surface area contributed by atoms with Gasteiger partial charge in [-0.25, -0.2) is 0 Å². The summed E-state index contributed by atoms with van der Waals surface area (Å²) in [7, 11) is 0. The van der Waals surface area contributed by atoms with Gasteiger partial charge in [0.2, 0.25) is 5.91 Å². The lowest BCUT2D eigenvalue weighted by molar-refractivity contribution is -0.387. The molecule has 2 amide bonds. The van der Waals surface area contributed by atoms with E-state index in [9.17, 15) is 19.7 Å². The molecule has 0 aliphatic rings. The minimum Gasteiger partial charge on any atom is -0.350 e. The van der Waals surface area contributed by atoms with Crippen molar-refractivity contribution in [3.63, 3.8) is 0 Å². The number of carbonyl (C=O) groups excluding carboxylic acids is 2. The Morgan fingerprint density at radius 3 is 2.65 bits per heavy atom. The Labute approximate surface area is 188 Å². The lowest BCUT2D eigenvalue weighted by atomic mass is 10.1. The second-order valence-corrected chi connectivity index (χ2v) is 8.91. The number of aryl methyl sites for hydroxylation is 2. The molecule has 0 bridgehead atoms. The summed E-state index contributed by atoms with van der Waals surface area (Å²) in [4.78, 5) is 37.1. The SMILES string of the molecule is Cc1ccc(C)c(NC(=O)c2ccc(SCC(=O)NCc3cccs3)c([N+](=O)[O-])c2)c1. The van der Waals surface area contributed by atoms with Crippen LogP contribution >= 0.6 is 23.1 Å². The number of carbonyl (C=O) groups is 2. The van der Waals surface area contributed by atoms with Gasteiger partial charge in [0.15, 0.2) is 0 Å². The van der Waals surface area contributed by atoms with E-state index in [0.29, 0.717) is 17.1 Å². The monoisotopic (exact) mass is 455 g/mol.